The summed E-state index contributed by atoms with van der Waals surface area (Å²) in [6, 6.07) is 4.70. The molecule has 2 heterocycles. The van der Waals surface area contributed by atoms with Crippen LogP contribution in [-0.2, 0) is 15.8 Å². The van der Waals surface area contributed by atoms with Gasteiger partial charge in [0.2, 0.25) is 11.8 Å². The van der Waals surface area contributed by atoms with Crippen molar-refractivity contribution >= 4 is 17.5 Å². The lowest BCUT2D eigenvalue weighted by molar-refractivity contribution is -0.137. The fourth-order valence-corrected chi connectivity index (χ4v) is 5.18. The van der Waals surface area contributed by atoms with E-state index < -0.39 is 23.3 Å². The van der Waals surface area contributed by atoms with Crippen LogP contribution in [0.1, 0.15) is 49.7 Å². The standard InChI is InChI=1S/C24H29F3N4O2/c1-29(2)22(33)20-13-23(7-9-30(10-8-23)21(32)11-16-3-4-16)15-31(20)18-6-5-17(14-28)19(12-18)24(25,26)27/h5-6,12,16,20H,3-4,7-11,13,15H2,1-2H3. The lowest BCUT2D eigenvalue weighted by Crippen LogP contribution is -2.44. The maximum Gasteiger partial charge on any atom is 0.417 e. The average molecular weight is 463 g/mol. The molecule has 0 N–H and O–H groups in total. The molecule has 1 atom stereocenters. The van der Waals surface area contributed by atoms with Crippen molar-refractivity contribution < 1.29 is 22.8 Å². The molecule has 4 rings (SSSR count). The van der Waals surface area contributed by atoms with Crippen molar-refractivity contribution in [1.82, 2.24) is 9.80 Å². The van der Waals surface area contributed by atoms with Gasteiger partial charge in [-0.05, 0) is 61.6 Å². The number of benzene rings is 1. The molecule has 1 aromatic carbocycles. The summed E-state index contributed by atoms with van der Waals surface area (Å²) in [6.45, 7) is 1.68. The Hall–Kier alpha value is -2.76. The van der Waals surface area contributed by atoms with Gasteiger partial charge in [-0.1, -0.05) is 0 Å². The summed E-state index contributed by atoms with van der Waals surface area (Å²) in [5.74, 6) is 0.554. The van der Waals surface area contributed by atoms with Gasteiger partial charge in [0.25, 0.3) is 0 Å². The normalized spacial score (nSPS) is 22.4. The number of anilines is 1. The van der Waals surface area contributed by atoms with Gasteiger partial charge in [0.05, 0.1) is 17.2 Å². The summed E-state index contributed by atoms with van der Waals surface area (Å²) in [7, 11) is 3.29. The summed E-state index contributed by atoms with van der Waals surface area (Å²) < 4.78 is 40.7. The number of likely N-dealkylation sites (tertiary alicyclic amines) is 1. The van der Waals surface area contributed by atoms with Crippen molar-refractivity contribution in [3.05, 3.63) is 29.3 Å². The topological polar surface area (TPSA) is 67.7 Å². The van der Waals surface area contributed by atoms with Crippen molar-refractivity contribution in [2.24, 2.45) is 11.3 Å². The van der Waals surface area contributed by atoms with Gasteiger partial charge in [0.15, 0.2) is 0 Å². The van der Waals surface area contributed by atoms with Crippen LogP contribution in [0.15, 0.2) is 18.2 Å². The number of halogens is 3. The third kappa shape index (κ3) is 4.80. The molecule has 1 spiro atoms. The molecule has 1 aromatic rings. The number of carbonyl (C=O) groups is 2. The van der Waals surface area contributed by atoms with E-state index in [2.05, 4.69) is 0 Å². The number of hydrogen-bond acceptors (Lipinski definition) is 4. The van der Waals surface area contributed by atoms with Crippen LogP contribution in [0.5, 0.6) is 0 Å². The van der Waals surface area contributed by atoms with Gasteiger partial charge in [-0.2, -0.15) is 18.4 Å². The Kier molecular flexibility index (Phi) is 6.06. The molecule has 0 radical (unpaired) electrons. The van der Waals surface area contributed by atoms with E-state index in [0.717, 1.165) is 31.7 Å². The van der Waals surface area contributed by atoms with Crippen molar-refractivity contribution in [3.8, 4) is 6.07 Å². The summed E-state index contributed by atoms with van der Waals surface area (Å²) in [4.78, 5) is 30.7. The molecule has 33 heavy (non-hydrogen) atoms. The van der Waals surface area contributed by atoms with Gasteiger partial charge in [0, 0.05) is 45.8 Å². The first-order valence-electron chi connectivity index (χ1n) is 11.4. The number of nitrogens with zero attached hydrogens (tertiary/aromatic N) is 4. The molecule has 2 aliphatic heterocycles. The quantitative estimate of drug-likeness (QED) is 0.685. The minimum atomic E-state index is -4.66. The Morgan fingerprint density at radius 2 is 1.88 bits per heavy atom. The number of amides is 2. The van der Waals surface area contributed by atoms with Gasteiger partial charge in [0.1, 0.15) is 6.04 Å². The van der Waals surface area contributed by atoms with Gasteiger partial charge >= 0.3 is 6.18 Å². The molecule has 3 fully saturated rings. The van der Waals surface area contributed by atoms with Gasteiger partial charge in [-0.3, -0.25) is 9.59 Å². The van der Waals surface area contributed by atoms with Crippen LogP contribution in [-0.4, -0.2) is 61.4 Å². The highest BCUT2D eigenvalue weighted by Crippen LogP contribution is 2.46. The molecular weight excluding hydrogens is 433 g/mol. The molecule has 2 amide bonds. The summed E-state index contributed by atoms with van der Waals surface area (Å²) in [6.07, 6.45) is 0.169. The van der Waals surface area contributed by atoms with E-state index in [1.807, 2.05) is 4.90 Å². The number of nitriles is 1. The first-order valence-corrected chi connectivity index (χ1v) is 11.4. The molecule has 9 heteroatoms. The zero-order valence-corrected chi connectivity index (χ0v) is 19.0. The van der Waals surface area contributed by atoms with Crippen LogP contribution in [0.25, 0.3) is 0 Å². The summed E-state index contributed by atoms with van der Waals surface area (Å²) >= 11 is 0. The van der Waals surface area contributed by atoms with E-state index in [9.17, 15) is 22.8 Å². The van der Waals surface area contributed by atoms with Crippen LogP contribution in [0, 0.1) is 22.7 Å². The van der Waals surface area contributed by atoms with Crippen molar-refractivity contribution in [3.63, 3.8) is 0 Å². The Balaban J connectivity index is 1.58. The zero-order valence-electron chi connectivity index (χ0n) is 19.0. The largest absolute Gasteiger partial charge is 0.417 e. The van der Waals surface area contributed by atoms with Gasteiger partial charge in [-0.25, -0.2) is 0 Å². The third-order valence-electron chi connectivity index (χ3n) is 7.33. The third-order valence-corrected chi connectivity index (χ3v) is 7.33. The molecule has 1 saturated carbocycles. The average Bonchev–Trinajstić information content (AvgIpc) is 3.51. The van der Waals surface area contributed by atoms with E-state index in [4.69, 9.17) is 5.26 Å². The van der Waals surface area contributed by atoms with Crippen LogP contribution >= 0.6 is 0 Å². The minimum Gasteiger partial charge on any atom is -0.359 e. The zero-order chi connectivity index (χ0) is 24.0. The van der Waals surface area contributed by atoms with Gasteiger partial charge in [-0.15, -0.1) is 0 Å². The number of alkyl halides is 3. The van der Waals surface area contributed by atoms with E-state index in [1.165, 1.54) is 17.0 Å². The van der Waals surface area contributed by atoms with E-state index >= 15 is 0 Å². The van der Waals surface area contributed by atoms with Crippen molar-refractivity contribution in [1.29, 1.82) is 5.26 Å². The van der Waals surface area contributed by atoms with Crippen molar-refractivity contribution in [2.45, 2.75) is 50.7 Å². The second-order valence-electron chi connectivity index (χ2n) is 9.95. The second kappa shape index (κ2) is 8.54. The van der Waals surface area contributed by atoms with Crippen LogP contribution in [0.3, 0.4) is 0 Å². The first kappa shape index (κ1) is 23.4. The van der Waals surface area contributed by atoms with E-state index in [0.29, 0.717) is 44.1 Å². The molecule has 0 bridgehead atoms. The summed E-state index contributed by atoms with van der Waals surface area (Å²) in [5, 5.41) is 9.12. The smallest absolute Gasteiger partial charge is 0.359 e. The first-order chi connectivity index (χ1) is 15.5. The van der Waals surface area contributed by atoms with Crippen LogP contribution in [0.2, 0.25) is 0 Å². The van der Waals surface area contributed by atoms with Gasteiger partial charge < -0.3 is 14.7 Å². The second-order valence-corrected chi connectivity index (χ2v) is 9.95. The lowest BCUT2D eigenvalue weighted by atomic mass is 9.76. The fourth-order valence-electron chi connectivity index (χ4n) is 5.18. The predicted molar refractivity (Wildman–Crippen MR) is 116 cm³/mol. The maximum absolute atomic E-state index is 13.6. The molecule has 1 aliphatic carbocycles. The van der Waals surface area contributed by atoms with Crippen LogP contribution in [0.4, 0.5) is 18.9 Å². The number of piperidine rings is 1. The molecule has 178 valence electrons. The SMILES string of the molecule is CN(C)C(=O)C1CC2(CCN(C(=O)CC3CC3)CC2)CN1c1ccc(C#N)c(C(F)(F)F)c1. The van der Waals surface area contributed by atoms with Crippen molar-refractivity contribution in [2.75, 3.05) is 38.6 Å². The Morgan fingerprint density at radius 1 is 1.21 bits per heavy atom. The van der Waals surface area contributed by atoms with Crippen LogP contribution < -0.4 is 4.90 Å². The van der Waals surface area contributed by atoms with E-state index in [-0.39, 0.29) is 17.2 Å². The highest BCUT2D eigenvalue weighted by atomic mass is 19.4. The lowest BCUT2D eigenvalue weighted by Gasteiger charge is -2.39. The molecule has 1 unspecified atom stereocenters. The number of hydrogen-bond donors (Lipinski definition) is 0. The maximum atomic E-state index is 13.6. The molecule has 0 aromatic heterocycles. The fraction of sp³-hybridized carbons (Fsp3) is 0.625. The highest BCUT2D eigenvalue weighted by Gasteiger charge is 2.49. The molecular formula is C24H29F3N4O2. The minimum absolute atomic E-state index is 0.156. The predicted octanol–water partition coefficient (Wildman–Crippen LogP) is 3.65. The number of rotatable bonds is 4. The molecule has 6 nitrogen and oxygen atoms in total. The number of carbonyl (C=O) groups excluding carboxylic acids is 2. The Labute approximate surface area is 191 Å². The Morgan fingerprint density at radius 3 is 2.42 bits per heavy atom. The molecule has 3 aliphatic rings. The molecule has 2 saturated heterocycles. The summed E-state index contributed by atoms with van der Waals surface area (Å²) in [5.41, 5.74) is -1.36. The Bertz CT molecular complexity index is 973. The number of likely N-dealkylation sites (N-methyl/N-ethyl adjacent to an activating group) is 1. The van der Waals surface area contributed by atoms with E-state index in [1.54, 1.807) is 25.1 Å². The highest BCUT2D eigenvalue weighted by molar-refractivity contribution is 5.86. The monoisotopic (exact) mass is 462 g/mol.